The average molecular weight is 280 g/mol. The maximum Gasteiger partial charge on any atom is 0.311 e. The lowest BCUT2D eigenvalue weighted by Gasteiger charge is -2.33. The summed E-state index contributed by atoms with van der Waals surface area (Å²) in [4.78, 5) is 21.7. The number of anilines is 1. The van der Waals surface area contributed by atoms with Crippen LogP contribution >= 0.6 is 0 Å². The van der Waals surface area contributed by atoms with Gasteiger partial charge in [-0.3, -0.25) is 14.9 Å². The number of nitro groups is 1. The molecule has 0 atom stereocenters. The van der Waals surface area contributed by atoms with Crippen LogP contribution in [0.5, 0.6) is 0 Å². The fourth-order valence-electron chi connectivity index (χ4n) is 2.23. The molecule has 1 heterocycles. The van der Waals surface area contributed by atoms with E-state index >= 15 is 0 Å². The molecule has 2 N–H and O–H groups in total. The van der Waals surface area contributed by atoms with E-state index in [1.807, 2.05) is 0 Å². The van der Waals surface area contributed by atoms with Crippen molar-refractivity contribution >= 4 is 17.3 Å². The van der Waals surface area contributed by atoms with E-state index in [0.717, 1.165) is 0 Å². The average Bonchev–Trinajstić information content (AvgIpc) is 2.46. The molecule has 0 aromatic heterocycles. The van der Waals surface area contributed by atoms with Crippen LogP contribution in [0, 0.1) is 15.5 Å². The Hall–Kier alpha value is -2.15. The zero-order valence-corrected chi connectivity index (χ0v) is 10.9. The monoisotopic (exact) mass is 280 g/mol. The highest BCUT2D eigenvalue weighted by atomic mass is 16.6. The van der Waals surface area contributed by atoms with Crippen molar-refractivity contribution in [1.82, 2.24) is 0 Å². The van der Waals surface area contributed by atoms with Crippen LogP contribution < -0.4 is 5.32 Å². The SMILES string of the molecule is O=C(O)C1(CNc2cccc([N+](=O)[O-])c2)CCOCC1. The highest BCUT2D eigenvalue weighted by Gasteiger charge is 2.40. The molecule has 108 valence electrons. The summed E-state index contributed by atoms with van der Waals surface area (Å²) < 4.78 is 5.20. The van der Waals surface area contributed by atoms with E-state index < -0.39 is 16.3 Å². The Balaban J connectivity index is 2.08. The highest BCUT2D eigenvalue weighted by molar-refractivity contribution is 5.75. The summed E-state index contributed by atoms with van der Waals surface area (Å²) in [6.07, 6.45) is 0.870. The van der Waals surface area contributed by atoms with Gasteiger partial charge in [0.15, 0.2) is 0 Å². The van der Waals surface area contributed by atoms with Crippen LogP contribution in [-0.4, -0.2) is 35.8 Å². The molecule has 0 unspecified atom stereocenters. The lowest BCUT2D eigenvalue weighted by molar-refractivity contribution is -0.384. The second kappa shape index (κ2) is 5.87. The molecule has 2 rings (SSSR count). The maximum absolute atomic E-state index is 11.5. The summed E-state index contributed by atoms with van der Waals surface area (Å²) in [5, 5.41) is 23.1. The van der Waals surface area contributed by atoms with E-state index in [9.17, 15) is 20.0 Å². The maximum atomic E-state index is 11.5. The molecule has 1 aromatic rings. The van der Waals surface area contributed by atoms with Crippen molar-refractivity contribution in [3.8, 4) is 0 Å². The number of carboxylic acid groups (broad SMARTS) is 1. The van der Waals surface area contributed by atoms with Crippen LogP contribution in [0.2, 0.25) is 0 Å². The molecular weight excluding hydrogens is 264 g/mol. The number of non-ortho nitro benzene ring substituents is 1. The van der Waals surface area contributed by atoms with Crippen LogP contribution in [0.1, 0.15) is 12.8 Å². The van der Waals surface area contributed by atoms with Gasteiger partial charge in [0.25, 0.3) is 5.69 Å². The van der Waals surface area contributed by atoms with Crippen molar-refractivity contribution in [3.63, 3.8) is 0 Å². The van der Waals surface area contributed by atoms with Gasteiger partial charge in [-0.1, -0.05) is 6.07 Å². The largest absolute Gasteiger partial charge is 0.481 e. The number of rotatable bonds is 5. The van der Waals surface area contributed by atoms with Crippen LogP contribution in [0.4, 0.5) is 11.4 Å². The van der Waals surface area contributed by atoms with Gasteiger partial charge in [0.05, 0.1) is 10.3 Å². The van der Waals surface area contributed by atoms with Crippen LogP contribution in [0.3, 0.4) is 0 Å². The Labute approximate surface area is 115 Å². The standard InChI is InChI=1S/C13H16N2O5/c16-12(17)13(4-6-20-7-5-13)9-14-10-2-1-3-11(8-10)15(18)19/h1-3,8,14H,4-7,9H2,(H,16,17). The second-order valence-corrected chi connectivity index (χ2v) is 4.86. The predicted octanol–water partition coefficient (Wildman–Crippen LogP) is 1.89. The first-order chi connectivity index (χ1) is 9.53. The fourth-order valence-corrected chi connectivity index (χ4v) is 2.23. The minimum absolute atomic E-state index is 0.0219. The number of ether oxygens (including phenoxy) is 1. The number of nitrogens with one attached hydrogen (secondary N) is 1. The molecular formula is C13H16N2O5. The first kappa shape index (κ1) is 14.3. The van der Waals surface area contributed by atoms with Crippen molar-refractivity contribution < 1.29 is 19.6 Å². The topological polar surface area (TPSA) is 102 Å². The van der Waals surface area contributed by atoms with Gasteiger partial charge in [-0.15, -0.1) is 0 Å². The molecule has 0 bridgehead atoms. The number of nitrogens with zero attached hydrogens (tertiary/aromatic N) is 1. The molecule has 1 aliphatic rings. The molecule has 0 amide bonds. The third kappa shape index (κ3) is 3.05. The quantitative estimate of drug-likeness (QED) is 0.630. The Morgan fingerprint density at radius 2 is 2.15 bits per heavy atom. The summed E-state index contributed by atoms with van der Waals surface area (Å²) in [6.45, 7) is 1.07. The molecule has 1 aromatic carbocycles. The van der Waals surface area contributed by atoms with Gasteiger partial charge in [0.2, 0.25) is 0 Å². The van der Waals surface area contributed by atoms with Gasteiger partial charge in [0.1, 0.15) is 0 Å². The Bertz CT molecular complexity index is 511. The molecule has 0 radical (unpaired) electrons. The molecule has 1 fully saturated rings. The molecule has 0 saturated carbocycles. The zero-order valence-electron chi connectivity index (χ0n) is 10.9. The highest BCUT2D eigenvalue weighted by Crippen LogP contribution is 2.31. The Morgan fingerprint density at radius 3 is 2.75 bits per heavy atom. The fraction of sp³-hybridized carbons (Fsp3) is 0.462. The molecule has 1 aliphatic heterocycles. The van der Waals surface area contributed by atoms with Crippen LogP contribution in [-0.2, 0) is 9.53 Å². The first-order valence-corrected chi connectivity index (χ1v) is 6.33. The summed E-state index contributed by atoms with van der Waals surface area (Å²) in [5.74, 6) is -0.862. The molecule has 0 aliphatic carbocycles. The second-order valence-electron chi connectivity index (χ2n) is 4.86. The smallest absolute Gasteiger partial charge is 0.311 e. The van der Waals surface area contributed by atoms with E-state index in [1.165, 1.54) is 12.1 Å². The molecule has 1 saturated heterocycles. The Kier molecular flexibility index (Phi) is 4.19. The number of carbonyl (C=O) groups is 1. The Morgan fingerprint density at radius 1 is 1.45 bits per heavy atom. The lowest BCUT2D eigenvalue weighted by Crippen LogP contribution is -2.42. The summed E-state index contributed by atoms with van der Waals surface area (Å²) in [6, 6.07) is 6.04. The van der Waals surface area contributed by atoms with Crippen LogP contribution in [0.25, 0.3) is 0 Å². The number of hydrogen-bond donors (Lipinski definition) is 2. The van der Waals surface area contributed by atoms with E-state index in [0.29, 0.717) is 31.7 Å². The van der Waals surface area contributed by atoms with Gasteiger partial charge < -0.3 is 15.2 Å². The third-order valence-corrected chi connectivity index (χ3v) is 3.59. The van der Waals surface area contributed by atoms with Gasteiger partial charge >= 0.3 is 5.97 Å². The third-order valence-electron chi connectivity index (χ3n) is 3.59. The van der Waals surface area contributed by atoms with Crippen molar-refractivity contribution in [1.29, 1.82) is 0 Å². The molecule has 20 heavy (non-hydrogen) atoms. The molecule has 7 nitrogen and oxygen atoms in total. The summed E-state index contributed by atoms with van der Waals surface area (Å²) in [5.41, 5.74) is -0.347. The van der Waals surface area contributed by atoms with E-state index in [1.54, 1.807) is 12.1 Å². The first-order valence-electron chi connectivity index (χ1n) is 6.33. The van der Waals surface area contributed by atoms with E-state index in [-0.39, 0.29) is 12.2 Å². The lowest BCUT2D eigenvalue weighted by atomic mass is 9.80. The summed E-state index contributed by atoms with van der Waals surface area (Å²) in [7, 11) is 0. The number of hydrogen-bond acceptors (Lipinski definition) is 5. The van der Waals surface area contributed by atoms with Crippen molar-refractivity contribution in [3.05, 3.63) is 34.4 Å². The summed E-state index contributed by atoms with van der Waals surface area (Å²) >= 11 is 0. The number of nitro benzene ring substituents is 1. The van der Waals surface area contributed by atoms with Gasteiger partial charge in [-0.25, -0.2) is 0 Å². The predicted molar refractivity (Wildman–Crippen MR) is 71.7 cm³/mol. The van der Waals surface area contributed by atoms with E-state index in [4.69, 9.17) is 4.74 Å². The molecule has 0 spiro atoms. The minimum Gasteiger partial charge on any atom is -0.481 e. The number of carboxylic acids is 1. The van der Waals surface area contributed by atoms with E-state index in [2.05, 4.69) is 5.32 Å². The van der Waals surface area contributed by atoms with Crippen LogP contribution in [0.15, 0.2) is 24.3 Å². The molecule has 7 heteroatoms. The van der Waals surface area contributed by atoms with Gasteiger partial charge in [-0.05, 0) is 18.9 Å². The van der Waals surface area contributed by atoms with Gasteiger partial charge in [-0.2, -0.15) is 0 Å². The van der Waals surface area contributed by atoms with Crippen molar-refractivity contribution in [2.45, 2.75) is 12.8 Å². The minimum atomic E-state index is -0.872. The van der Waals surface area contributed by atoms with Crippen molar-refractivity contribution in [2.75, 3.05) is 25.1 Å². The van der Waals surface area contributed by atoms with Crippen molar-refractivity contribution in [2.24, 2.45) is 5.41 Å². The normalized spacial score (nSPS) is 17.4. The zero-order chi connectivity index (χ0) is 14.6. The number of aliphatic carboxylic acids is 1. The number of benzene rings is 1. The van der Waals surface area contributed by atoms with Gasteiger partial charge in [0, 0.05) is 37.6 Å².